The molecule has 0 aliphatic heterocycles. The van der Waals surface area contributed by atoms with Crippen LogP contribution in [0.25, 0.3) is 0 Å². The van der Waals surface area contributed by atoms with Gasteiger partial charge in [0.1, 0.15) is 30.2 Å². The number of nitrogens with two attached hydrogens (primary N) is 6. The van der Waals surface area contributed by atoms with Crippen LogP contribution in [-0.2, 0) is 43.5 Å². The number of hydrogen-bond donors (Lipinski definition) is 11. The zero-order chi connectivity index (χ0) is 36.9. The maximum Gasteiger partial charge on any atom is 0.320 e. The molecule has 0 saturated carbocycles. The molecule has 0 bridgehead atoms. The molecule has 0 aromatic rings. The van der Waals surface area contributed by atoms with E-state index in [1.165, 1.54) is 0 Å². The predicted octanol–water partition coefficient (Wildman–Crippen LogP) is 0.619. The molecule has 0 rings (SSSR count). The molecule has 272 valence electrons. The monoisotopic (exact) mass is 738 g/mol. The summed E-state index contributed by atoms with van der Waals surface area (Å²) >= 11 is 1.60. The average Bonchev–Trinajstić information content (AvgIpc) is 2.95. The molecule has 0 aliphatic carbocycles. The standard InChI is InChI=1S/C6H14N2O2.2C6H13NO2.C5H11NO2S.C5H11NO2.Zn/c7-4-2-1-3-5(8)6(9)10;1-4(2)3-5(7)6(8)9;1-3-4(2)5(7)6(8)9;1-9-3-2-4(6)5(7)8;1-3(2)4(6)5(7)8;/h5H,1-4,7-8H2,(H,9,10);2*4-5H,3,7H2,1-2H3,(H,8,9);4H,2-3,6H2,1H3,(H,7,8);3-4H,6H2,1-2H3,(H,7,8);. The molecule has 0 fully saturated rings. The fourth-order valence-corrected chi connectivity index (χ4v) is 2.88. The third-order valence-corrected chi connectivity index (χ3v) is 6.47. The second-order valence-corrected chi connectivity index (χ2v) is 11.9. The van der Waals surface area contributed by atoms with Crippen molar-refractivity contribution in [2.24, 2.45) is 52.2 Å². The molecule has 0 aliphatic rings. The molecular formula is C28H62N6O10SZn. The van der Waals surface area contributed by atoms with Gasteiger partial charge in [-0.2, -0.15) is 11.8 Å². The Balaban J connectivity index is -0.000000108. The number of unbranched alkanes of at least 4 members (excludes halogenated alkanes) is 1. The van der Waals surface area contributed by atoms with Crippen LogP contribution in [0.4, 0.5) is 0 Å². The second-order valence-electron chi connectivity index (χ2n) is 10.9. The zero-order valence-electron chi connectivity index (χ0n) is 28.6. The van der Waals surface area contributed by atoms with Gasteiger partial charge in [0.2, 0.25) is 0 Å². The summed E-state index contributed by atoms with van der Waals surface area (Å²) in [6.45, 7) is 11.8. The van der Waals surface area contributed by atoms with Gasteiger partial charge < -0.3 is 59.9 Å². The molecule has 16 nitrogen and oxygen atoms in total. The Morgan fingerprint density at radius 2 is 1.02 bits per heavy atom. The van der Waals surface area contributed by atoms with Gasteiger partial charge in [0, 0.05) is 19.5 Å². The molecule has 0 aromatic heterocycles. The normalized spacial score (nSPS) is 13.8. The summed E-state index contributed by atoms with van der Waals surface area (Å²) in [7, 11) is 0. The third-order valence-electron chi connectivity index (χ3n) is 5.82. The summed E-state index contributed by atoms with van der Waals surface area (Å²) in [6.07, 6.45) is 6.01. The van der Waals surface area contributed by atoms with E-state index in [4.69, 9.17) is 59.9 Å². The Labute approximate surface area is 290 Å². The molecule has 46 heavy (non-hydrogen) atoms. The van der Waals surface area contributed by atoms with E-state index in [1.807, 2.05) is 34.0 Å². The van der Waals surface area contributed by atoms with Crippen LogP contribution in [0.15, 0.2) is 0 Å². The van der Waals surface area contributed by atoms with Crippen LogP contribution >= 0.6 is 11.8 Å². The Morgan fingerprint density at radius 1 is 0.630 bits per heavy atom. The van der Waals surface area contributed by atoms with Gasteiger partial charge >= 0.3 is 29.8 Å². The molecule has 6 atom stereocenters. The van der Waals surface area contributed by atoms with Gasteiger partial charge in [-0.1, -0.05) is 54.4 Å². The largest absolute Gasteiger partial charge is 0.480 e. The van der Waals surface area contributed by atoms with Crippen molar-refractivity contribution in [3.63, 3.8) is 0 Å². The van der Waals surface area contributed by atoms with Crippen molar-refractivity contribution in [2.45, 2.75) is 110 Å². The molecule has 18 heteroatoms. The summed E-state index contributed by atoms with van der Waals surface area (Å²) in [6, 6.07) is -3.50. The van der Waals surface area contributed by atoms with Gasteiger partial charge in [-0.3, -0.25) is 24.0 Å². The molecular weight excluding hydrogens is 678 g/mol. The molecule has 0 heterocycles. The summed E-state index contributed by atoms with van der Waals surface area (Å²) in [5, 5.41) is 41.5. The number of aliphatic carboxylic acids is 5. The Bertz CT molecular complexity index is 800. The van der Waals surface area contributed by atoms with Crippen LogP contribution in [-0.4, -0.2) is 104 Å². The Kier molecular flexibility index (Phi) is 44.1. The van der Waals surface area contributed by atoms with Gasteiger partial charge in [-0.25, -0.2) is 0 Å². The minimum atomic E-state index is -0.933. The summed E-state index contributed by atoms with van der Waals surface area (Å²) in [5.41, 5.74) is 31.3. The smallest absolute Gasteiger partial charge is 0.320 e. The Hall–Kier alpha value is -1.92. The van der Waals surface area contributed by atoms with Crippen LogP contribution in [0.5, 0.6) is 0 Å². The SMILES string of the molecule is CC(C)C(N)C(=O)O.CC(C)CC(N)C(=O)O.CCC(C)C(N)C(=O)O.CSCCC(N)C(=O)O.NCCCCC(N)C(=O)O.[Zn]. The van der Waals surface area contributed by atoms with Crippen molar-refractivity contribution in [1.29, 1.82) is 0 Å². The van der Waals surface area contributed by atoms with Crippen LogP contribution in [0, 0.1) is 17.8 Å². The number of carbonyl (C=O) groups is 5. The van der Waals surface area contributed by atoms with Crippen molar-refractivity contribution in [3.8, 4) is 0 Å². The first-order valence-electron chi connectivity index (χ1n) is 14.7. The van der Waals surface area contributed by atoms with Gasteiger partial charge in [-0.15, -0.1) is 0 Å². The predicted molar refractivity (Wildman–Crippen MR) is 178 cm³/mol. The van der Waals surface area contributed by atoms with E-state index < -0.39 is 60.1 Å². The zero-order valence-corrected chi connectivity index (χ0v) is 32.4. The molecule has 0 aromatic carbocycles. The fourth-order valence-electron chi connectivity index (χ4n) is 2.39. The third kappa shape index (κ3) is 42.1. The van der Waals surface area contributed by atoms with Crippen molar-refractivity contribution < 1.29 is 69.0 Å². The van der Waals surface area contributed by atoms with E-state index in [0.717, 1.165) is 25.0 Å². The first kappa shape index (κ1) is 56.4. The van der Waals surface area contributed by atoms with Gasteiger partial charge in [0.25, 0.3) is 0 Å². The molecule has 17 N–H and O–H groups in total. The summed E-state index contributed by atoms with van der Waals surface area (Å²) in [5.74, 6) is -3.34. The molecule has 6 unspecified atom stereocenters. The van der Waals surface area contributed by atoms with Crippen LogP contribution in [0.1, 0.15) is 80.1 Å². The van der Waals surface area contributed by atoms with Gasteiger partial charge in [0.05, 0.1) is 0 Å². The van der Waals surface area contributed by atoms with Gasteiger partial charge in [0.15, 0.2) is 0 Å². The first-order valence-corrected chi connectivity index (χ1v) is 16.0. The minimum Gasteiger partial charge on any atom is -0.480 e. The van der Waals surface area contributed by atoms with E-state index in [1.54, 1.807) is 25.6 Å². The number of rotatable bonds is 17. The maximum atomic E-state index is 10.2. The van der Waals surface area contributed by atoms with E-state index in [-0.39, 0.29) is 31.3 Å². The van der Waals surface area contributed by atoms with Crippen LogP contribution < -0.4 is 34.4 Å². The van der Waals surface area contributed by atoms with Crippen molar-refractivity contribution in [2.75, 3.05) is 18.6 Å². The number of thioether (sulfide) groups is 1. The quantitative estimate of drug-likeness (QED) is 0.0719. The minimum absolute atomic E-state index is 0. The molecule has 0 radical (unpaired) electrons. The van der Waals surface area contributed by atoms with Crippen LogP contribution in [0.3, 0.4) is 0 Å². The van der Waals surface area contributed by atoms with Crippen molar-refractivity contribution in [1.82, 2.24) is 0 Å². The maximum absolute atomic E-state index is 10.2. The Morgan fingerprint density at radius 3 is 1.22 bits per heavy atom. The molecule has 0 amide bonds. The van der Waals surface area contributed by atoms with E-state index >= 15 is 0 Å². The number of hydrogen-bond acceptors (Lipinski definition) is 12. The van der Waals surface area contributed by atoms with E-state index in [0.29, 0.717) is 31.7 Å². The molecule has 0 saturated heterocycles. The summed E-state index contributed by atoms with van der Waals surface area (Å²) in [4.78, 5) is 50.5. The second kappa shape index (κ2) is 35.9. The van der Waals surface area contributed by atoms with Crippen LogP contribution in [0.2, 0.25) is 0 Å². The number of carboxylic acid groups (broad SMARTS) is 5. The topological polar surface area (TPSA) is 343 Å². The fraction of sp³-hybridized carbons (Fsp3) is 0.821. The van der Waals surface area contributed by atoms with Crippen molar-refractivity contribution >= 4 is 41.6 Å². The average molecular weight is 740 g/mol. The van der Waals surface area contributed by atoms with E-state index in [9.17, 15) is 24.0 Å². The molecule has 0 spiro atoms. The van der Waals surface area contributed by atoms with Gasteiger partial charge in [-0.05, 0) is 62.0 Å². The van der Waals surface area contributed by atoms with E-state index in [2.05, 4.69) is 0 Å². The first-order chi connectivity index (χ1) is 20.5. The summed E-state index contributed by atoms with van der Waals surface area (Å²) < 4.78 is 0. The number of carboxylic acids is 5. The van der Waals surface area contributed by atoms with Crippen molar-refractivity contribution in [3.05, 3.63) is 0 Å².